The van der Waals surface area contributed by atoms with E-state index in [0.717, 1.165) is 17.2 Å². The molecule has 1 fully saturated rings. The SMILES string of the molecule is C=CC(=O)N1CCN(c2nc(=O)n(-c3ccccc3-c3ccccc3)c3c4c(c(C)cc23)-c2c(ccc(F)c2F)CO4)[C@@H](C)C1. The highest BCUT2D eigenvalue weighted by Crippen LogP contribution is 2.48. The van der Waals surface area contributed by atoms with Crippen LogP contribution in [0.2, 0.25) is 0 Å². The quantitative estimate of drug-likeness (QED) is 0.222. The maximum atomic E-state index is 15.5. The molecule has 45 heavy (non-hydrogen) atoms. The fourth-order valence-corrected chi connectivity index (χ4v) is 6.62. The van der Waals surface area contributed by atoms with Crippen LogP contribution in [0.3, 0.4) is 0 Å². The summed E-state index contributed by atoms with van der Waals surface area (Å²) in [5, 5.41) is 0.629. The highest BCUT2D eigenvalue weighted by Gasteiger charge is 2.33. The molecular weight excluding hydrogens is 574 g/mol. The summed E-state index contributed by atoms with van der Waals surface area (Å²) in [6.07, 6.45) is 1.30. The first kappa shape index (κ1) is 28.5. The monoisotopic (exact) mass is 604 g/mol. The van der Waals surface area contributed by atoms with Gasteiger partial charge in [0.05, 0.1) is 5.69 Å². The van der Waals surface area contributed by atoms with Gasteiger partial charge in [0.2, 0.25) is 5.91 Å². The normalized spacial score (nSPS) is 15.8. The number of hydrogen-bond donors (Lipinski definition) is 0. The van der Waals surface area contributed by atoms with Gasteiger partial charge in [-0.25, -0.2) is 13.6 Å². The Hall–Kier alpha value is -5.31. The number of halogens is 2. The number of para-hydroxylation sites is 1. The number of benzene rings is 4. The van der Waals surface area contributed by atoms with Crippen molar-refractivity contribution >= 4 is 22.6 Å². The summed E-state index contributed by atoms with van der Waals surface area (Å²) >= 11 is 0. The number of rotatable bonds is 4. The molecule has 9 heteroatoms. The number of aromatic nitrogens is 2. The van der Waals surface area contributed by atoms with Crippen molar-refractivity contribution in [3.63, 3.8) is 0 Å². The summed E-state index contributed by atoms with van der Waals surface area (Å²) < 4.78 is 38.1. The van der Waals surface area contributed by atoms with Crippen molar-refractivity contribution in [2.24, 2.45) is 0 Å². The standard InChI is InChI=1S/C36H30F2N4O3/c1-4-29(43)40-16-17-41(22(3)19-40)35-26-18-21(2)30-31-24(14-15-27(37)32(31)38)20-45-34(30)33(26)42(36(44)39-35)28-13-9-8-12-25(28)23-10-6-5-7-11-23/h4-15,18,22H,1,16-17,19-20H2,2-3H3/t22-/m0/s1. The molecular formula is C36H30F2N4O3. The van der Waals surface area contributed by atoms with Gasteiger partial charge in [-0.1, -0.05) is 61.2 Å². The lowest BCUT2D eigenvalue weighted by Gasteiger charge is -2.40. The maximum Gasteiger partial charge on any atom is 0.354 e. The van der Waals surface area contributed by atoms with Crippen molar-refractivity contribution in [1.82, 2.24) is 14.5 Å². The molecule has 5 aromatic rings. The molecule has 0 bridgehead atoms. The molecule has 226 valence electrons. The second kappa shape index (κ2) is 11.0. The molecule has 0 aliphatic carbocycles. The third-order valence-electron chi connectivity index (χ3n) is 8.73. The predicted octanol–water partition coefficient (Wildman–Crippen LogP) is 6.42. The Morgan fingerprint density at radius 2 is 1.78 bits per heavy atom. The zero-order valence-electron chi connectivity index (χ0n) is 24.9. The summed E-state index contributed by atoms with van der Waals surface area (Å²) in [6.45, 7) is 8.70. The smallest absolute Gasteiger partial charge is 0.354 e. The van der Waals surface area contributed by atoms with Gasteiger partial charge in [-0.15, -0.1) is 0 Å². The summed E-state index contributed by atoms with van der Waals surface area (Å²) in [7, 11) is 0. The first-order valence-corrected chi connectivity index (χ1v) is 14.8. The Labute approximate surface area is 258 Å². The lowest BCUT2D eigenvalue weighted by Crippen LogP contribution is -2.54. The lowest BCUT2D eigenvalue weighted by atomic mass is 9.90. The third-order valence-corrected chi connectivity index (χ3v) is 8.73. The average molecular weight is 605 g/mol. The second-order valence-corrected chi connectivity index (χ2v) is 11.4. The van der Waals surface area contributed by atoms with Crippen LogP contribution in [0.4, 0.5) is 14.6 Å². The molecule has 0 radical (unpaired) electrons. The minimum atomic E-state index is -0.955. The molecule has 0 saturated carbocycles. The van der Waals surface area contributed by atoms with Gasteiger partial charge in [-0.2, -0.15) is 4.98 Å². The van der Waals surface area contributed by atoms with Gasteiger partial charge in [0.15, 0.2) is 17.4 Å². The van der Waals surface area contributed by atoms with E-state index in [1.807, 2.05) is 79.4 Å². The largest absolute Gasteiger partial charge is 0.486 e. The number of anilines is 1. The van der Waals surface area contributed by atoms with Crippen LogP contribution in [0.25, 0.3) is 38.8 Å². The highest BCUT2D eigenvalue weighted by atomic mass is 19.2. The van der Waals surface area contributed by atoms with Crippen LogP contribution in [-0.4, -0.2) is 46.0 Å². The van der Waals surface area contributed by atoms with E-state index in [9.17, 15) is 14.0 Å². The van der Waals surface area contributed by atoms with E-state index >= 15 is 4.39 Å². The zero-order valence-corrected chi connectivity index (χ0v) is 24.9. The summed E-state index contributed by atoms with van der Waals surface area (Å²) in [6, 6.07) is 21.5. The third kappa shape index (κ3) is 4.58. The Bertz CT molecular complexity index is 2080. The summed E-state index contributed by atoms with van der Waals surface area (Å²) in [5.41, 5.74) is 3.85. The number of carbonyl (C=O) groups excluding carboxylic acids is 1. The van der Waals surface area contributed by atoms with E-state index in [2.05, 4.69) is 11.6 Å². The summed E-state index contributed by atoms with van der Waals surface area (Å²) in [4.78, 5) is 35.1. The molecule has 3 heterocycles. The van der Waals surface area contributed by atoms with E-state index in [1.54, 1.807) is 4.90 Å². The molecule has 0 N–H and O–H groups in total. The second-order valence-electron chi connectivity index (χ2n) is 11.4. The van der Waals surface area contributed by atoms with Gasteiger partial charge >= 0.3 is 5.69 Å². The van der Waals surface area contributed by atoms with Crippen molar-refractivity contribution in [3.05, 3.63) is 119 Å². The van der Waals surface area contributed by atoms with Crippen LogP contribution in [0.5, 0.6) is 5.75 Å². The zero-order chi connectivity index (χ0) is 31.4. The molecule has 2 aliphatic heterocycles. The fourth-order valence-electron chi connectivity index (χ4n) is 6.62. The number of hydrogen-bond acceptors (Lipinski definition) is 5. The molecule has 1 atom stereocenters. The van der Waals surface area contributed by atoms with Crippen molar-refractivity contribution in [1.29, 1.82) is 0 Å². The molecule has 0 unspecified atom stereocenters. The van der Waals surface area contributed by atoms with Crippen molar-refractivity contribution in [2.75, 3.05) is 24.5 Å². The Morgan fingerprint density at radius 3 is 2.53 bits per heavy atom. The predicted molar refractivity (Wildman–Crippen MR) is 171 cm³/mol. The van der Waals surface area contributed by atoms with E-state index < -0.39 is 17.3 Å². The van der Waals surface area contributed by atoms with Crippen LogP contribution in [0.1, 0.15) is 18.1 Å². The molecule has 7 nitrogen and oxygen atoms in total. The molecule has 0 spiro atoms. The van der Waals surface area contributed by atoms with Crippen LogP contribution in [0, 0.1) is 18.6 Å². The number of aryl methyl sites for hydroxylation is 1. The Morgan fingerprint density at radius 1 is 1.02 bits per heavy atom. The van der Waals surface area contributed by atoms with Crippen molar-refractivity contribution in [3.8, 4) is 33.7 Å². The van der Waals surface area contributed by atoms with Crippen LogP contribution < -0.4 is 15.3 Å². The van der Waals surface area contributed by atoms with Crippen molar-refractivity contribution < 1.29 is 18.3 Å². The number of carbonyl (C=O) groups is 1. The van der Waals surface area contributed by atoms with E-state index in [-0.39, 0.29) is 24.1 Å². The number of fused-ring (bicyclic) bond motifs is 5. The maximum absolute atomic E-state index is 15.5. The molecule has 1 aromatic heterocycles. The molecule has 2 aliphatic rings. The number of ether oxygens (including phenoxy) is 1. The fraction of sp³-hybridized carbons (Fsp3) is 0.194. The van der Waals surface area contributed by atoms with Crippen LogP contribution >= 0.6 is 0 Å². The topological polar surface area (TPSA) is 67.7 Å². The van der Waals surface area contributed by atoms with E-state index in [4.69, 9.17) is 4.74 Å². The van der Waals surface area contributed by atoms with Gasteiger partial charge in [0.25, 0.3) is 0 Å². The minimum absolute atomic E-state index is 0.00298. The van der Waals surface area contributed by atoms with Gasteiger partial charge in [-0.3, -0.25) is 9.36 Å². The Balaban J connectivity index is 1.55. The summed E-state index contributed by atoms with van der Waals surface area (Å²) in [5.74, 6) is -1.33. The van der Waals surface area contributed by atoms with Crippen LogP contribution in [-0.2, 0) is 11.4 Å². The molecule has 4 aromatic carbocycles. The van der Waals surface area contributed by atoms with Crippen molar-refractivity contribution in [2.45, 2.75) is 26.5 Å². The highest BCUT2D eigenvalue weighted by molar-refractivity contribution is 6.02. The van der Waals surface area contributed by atoms with E-state index in [1.165, 1.54) is 16.7 Å². The lowest BCUT2D eigenvalue weighted by molar-refractivity contribution is -0.126. The Kier molecular flexibility index (Phi) is 6.96. The molecule has 1 saturated heterocycles. The van der Waals surface area contributed by atoms with Gasteiger partial charge < -0.3 is 14.5 Å². The molecule has 1 amide bonds. The van der Waals surface area contributed by atoms with Gasteiger partial charge in [0, 0.05) is 53.3 Å². The first-order valence-electron chi connectivity index (χ1n) is 14.8. The average Bonchev–Trinajstić information content (AvgIpc) is 3.06. The minimum Gasteiger partial charge on any atom is -0.486 e. The van der Waals surface area contributed by atoms with Crippen LogP contribution in [0.15, 0.2) is 90.2 Å². The van der Waals surface area contributed by atoms with E-state index in [0.29, 0.717) is 64.5 Å². The number of piperazine rings is 1. The van der Waals surface area contributed by atoms with Gasteiger partial charge in [0.1, 0.15) is 17.9 Å². The van der Waals surface area contributed by atoms with Gasteiger partial charge in [-0.05, 0) is 49.2 Å². The first-order chi connectivity index (χ1) is 21.8. The number of nitrogens with zero attached hydrogens (tertiary/aromatic N) is 4. The number of amides is 1. The molecule has 7 rings (SSSR count).